The SMILES string of the molecule is CSNc1ccc(CN2CCC(Nc3nc(Oc4c(C)cc(C#N)cc4C)c4sccc4n3)CC2)cc1. The largest absolute Gasteiger partial charge is 0.437 e. The Kier molecular flexibility index (Phi) is 7.79. The second-order valence-corrected chi connectivity index (χ2v) is 10.9. The third kappa shape index (κ3) is 5.99. The lowest BCUT2D eigenvalue weighted by molar-refractivity contribution is 0.211. The van der Waals surface area contributed by atoms with Crippen LogP contribution in [-0.2, 0) is 6.54 Å². The van der Waals surface area contributed by atoms with E-state index in [1.165, 1.54) is 5.56 Å². The minimum Gasteiger partial charge on any atom is -0.437 e. The molecular formula is C28H30N6OS2. The molecule has 0 amide bonds. The number of benzene rings is 2. The van der Waals surface area contributed by atoms with Crippen LogP contribution in [0.1, 0.15) is 35.1 Å². The molecule has 2 aromatic carbocycles. The highest BCUT2D eigenvalue weighted by molar-refractivity contribution is 7.99. The second kappa shape index (κ2) is 11.4. The number of piperidine rings is 1. The smallest absolute Gasteiger partial charge is 0.242 e. The standard InChI is InChI=1S/C28H30N6OS2/c1-18-14-21(16-29)15-19(2)25(18)35-27-26-24(10-13-37-26)31-28(32-27)30-22-8-11-34(12-9-22)17-20-4-6-23(7-5-20)33-36-3/h4-7,10,13-15,22,33H,8-9,11-12,17H2,1-3H3,(H,30,31,32). The fourth-order valence-electron chi connectivity index (χ4n) is 4.72. The Hall–Kier alpha value is -3.32. The highest BCUT2D eigenvalue weighted by atomic mass is 32.2. The van der Waals surface area contributed by atoms with Gasteiger partial charge in [0.2, 0.25) is 11.8 Å². The van der Waals surface area contributed by atoms with Crippen LogP contribution in [0, 0.1) is 25.2 Å². The second-order valence-electron chi connectivity index (χ2n) is 9.34. The molecule has 37 heavy (non-hydrogen) atoms. The molecule has 0 bridgehead atoms. The zero-order valence-electron chi connectivity index (χ0n) is 21.2. The van der Waals surface area contributed by atoms with Gasteiger partial charge in [-0.3, -0.25) is 4.90 Å². The van der Waals surface area contributed by atoms with Crippen LogP contribution in [0.5, 0.6) is 11.6 Å². The molecule has 7 nitrogen and oxygen atoms in total. The van der Waals surface area contributed by atoms with E-state index in [0.29, 0.717) is 23.4 Å². The molecule has 2 aromatic heterocycles. The minimum atomic E-state index is 0.312. The van der Waals surface area contributed by atoms with Crippen LogP contribution < -0.4 is 14.8 Å². The molecule has 190 valence electrons. The first-order valence-electron chi connectivity index (χ1n) is 12.3. The van der Waals surface area contributed by atoms with E-state index in [1.807, 2.05) is 43.7 Å². The molecule has 1 saturated heterocycles. The summed E-state index contributed by atoms with van der Waals surface area (Å²) < 4.78 is 10.5. The fourth-order valence-corrected chi connectivity index (χ4v) is 5.84. The van der Waals surface area contributed by atoms with Crippen molar-refractivity contribution in [2.24, 2.45) is 0 Å². The van der Waals surface area contributed by atoms with Crippen molar-refractivity contribution in [1.29, 1.82) is 5.26 Å². The molecule has 0 saturated carbocycles. The van der Waals surface area contributed by atoms with Gasteiger partial charge in [0.25, 0.3) is 0 Å². The van der Waals surface area contributed by atoms with Gasteiger partial charge in [0.05, 0.1) is 17.1 Å². The van der Waals surface area contributed by atoms with Gasteiger partial charge in [-0.25, -0.2) is 4.98 Å². The van der Waals surface area contributed by atoms with Gasteiger partial charge in [0, 0.05) is 37.6 Å². The van der Waals surface area contributed by atoms with E-state index in [0.717, 1.165) is 65.3 Å². The molecular weight excluding hydrogens is 500 g/mol. The van der Waals surface area contributed by atoms with Crippen LogP contribution in [0.2, 0.25) is 0 Å². The normalized spacial score (nSPS) is 14.4. The molecule has 0 radical (unpaired) electrons. The van der Waals surface area contributed by atoms with E-state index >= 15 is 0 Å². The lowest BCUT2D eigenvalue weighted by Gasteiger charge is -2.32. The Balaban J connectivity index is 1.25. The van der Waals surface area contributed by atoms with Gasteiger partial charge in [-0.05, 0) is 79.1 Å². The van der Waals surface area contributed by atoms with Crippen molar-refractivity contribution in [1.82, 2.24) is 14.9 Å². The number of rotatable bonds is 8. The number of likely N-dealkylation sites (tertiary alicyclic amines) is 1. The first-order chi connectivity index (χ1) is 18.0. The van der Waals surface area contributed by atoms with Crippen LogP contribution in [0.25, 0.3) is 10.2 Å². The molecule has 4 aromatic rings. The molecule has 5 rings (SSSR count). The summed E-state index contributed by atoms with van der Waals surface area (Å²) in [7, 11) is 0. The Morgan fingerprint density at radius 3 is 2.51 bits per heavy atom. The van der Waals surface area contributed by atoms with Gasteiger partial charge in [0.1, 0.15) is 10.4 Å². The highest BCUT2D eigenvalue weighted by Crippen LogP contribution is 2.36. The monoisotopic (exact) mass is 530 g/mol. The summed E-state index contributed by atoms with van der Waals surface area (Å²) in [6, 6.07) is 16.9. The third-order valence-electron chi connectivity index (χ3n) is 6.56. The maximum absolute atomic E-state index is 9.27. The van der Waals surface area contributed by atoms with Gasteiger partial charge in [-0.2, -0.15) is 10.2 Å². The number of nitrogens with one attached hydrogen (secondary N) is 2. The van der Waals surface area contributed by atoms with Gasteiger partial charge < -0.3 is 14.8 Å². The fraction of sp³-hybridized carbons (Fsp3) is 0.321. The molecule has 0 spiro atoms. The van der Waals surface area contributed by atoms with Crippen molar-refractivity contribution in [3.05, 3.63) is 70.1 Å². The van der Waals surface area contributed by atoms with Crippen LogP contribution in [0.4, 0.5) is 11.6 Å². The maximum Gasteiger partial charge on any atom is 0.242 e. The van der Waals surface area contributed by atoms with E-state index < -0.39 is 0 Å². The predicted octanol–water partition coefficient (Wildman–Crippen LogP) is 6.74. The number of nitriles is 1. The average molecular weight is 531 g/mol. The van der Waals surface area contributed by atoms with E-state index in [4.69, 9.17) is 14.7 Å². The van der Waals surface area contributed by atoms with E-state index in [1.54, 1.807) is 23.3 Å². The number of fused-ring (bicyclic) bond motifs is 1. The number of thiophene rings is 1. The third-order valence-corrected chi connectivity index (χ3v) is 7.89. The summed E-state index contributed by atoms with van der Waals surface area (Å²) >= 11 is 3.18. The first kappa shape index (κ1) is 25.3. The number of hydrogen-bond donors (Lipinski definition) is 2. The predicted molar refractivity (Wildman–Crippen MR) is 154 cm³/mol. The summed E-state index contributed by atoms with van der Waals surface area (Å²) in [6.07, 6.45) is 4.09. The zero-order valence-corrected chi connectivity index (χ0v) is 22.9. The molecule has 9 heteroatoms. The van der Waals surface area contributed by atoms with Gasteiger partial charge in [-0.15, -0.1) is 11.3 Å². The Morgan fingerprint density at radius 2 is 1.84 bits per heavy atom. The number of ether oxygens (including phenoxy) is 1. The van der Waals surface area contributed by atoms with Crippen molar-refractivity contribution in [2.75, 3.05) is 29.4 Å². The summed E-state index contributed by atoms with van der Waals surface area (Å²) in [6.45, 7) is 6.92. The topological polar surface area (TPSA) is 86.1 Å². The van der Waals surface area contributed by atoms with Gasteiger partial charge >= 0.3 is 0 Å². The Labute approximate surface area is 226 Å². The van der Waals surface area contributed by atoms with Crippen LogP contribution in [0.15, 0.2) is 47.8 Å². The molecule has 1 aliphatic rings. The zero-order chi connectivity index (χ0) is 25.8. The number of anilines is 2. The van der Waals surface area contributed by atoms with Crippen molar-refractivity contribution in [2.45, 2.75) is 39.3 Å². The lowest BCUT2D eigenvalue weighted by atomic mass is 10.0. The quantitative estimate of drug-likeness (QED) is 0.242. The van der Waals surface area contributed by atoms with Gasteiger partial charge in [0.15, 0.2) is 0 Å². The average Bonchev–Trinajstić information content (AvgIpc) is 3.37. The highest BCUT2D eigenvalue weighted by Gasteiger charge is 2.21. The maximum atomic E-state index is 9.27. The van der Waals surface area contributed by atoms with Crippen LogP contribution >= 0.6 is 23.3 Å². The molecule has 1 aliphatic heterocycles. The van der Waals surface area contributed by atoms with Gasteiger partial charge in [-0.1, -0.05) is 24.1 Å². The number of hydrogen-bond acceptors (Lipinski definition) is 9. The first-order valence-corrected chi connectivity index (χ1v) is 14.4. The summed E-state index contributed by atoms with van der Waals surface area (Å²) in [5.74, 6) is 1.89. The molecule has 3 heterocycles. The summed E-state index contributed by atoms with van der Waals surface area (Å²) in [5.41, 5.74) is 5.80. The Morgan fingerprint density at radius 1 is 1.11 bits per heavy atom. The summed E-state index contributed by atoms with van der Waals surface area (Å²) in [4.78, 5) is 12.0. The Bertz CT molecular complexity index is 1400. The van der Waals surface area contributed by atoms with Crippen molar-refractivity contribution < 1.29 is 4.74 Å². The van der Waals surface area contributed by atoms with Crippen molar-refractivity contribution in [3.8, 4) is 17.7 Å². The minimum absolute atomic E-state index is 0.312. The number of aryl methyl sites for hydroxylation is 2. The molecule has 0 atom stereocenters. The number of aromatic nitrogens is 2. The lowest BCUT2D eigenvalue weighted by Crippen LogP contribution is -2.39. The summed E-state index contributed by atoms with van der Waals surface area (Å²) in [5, 5.41) is 14.8. The molecule has 0 unspecified atom stereocenters. The molecule has 1 fully saturated rings. The van der Waals surface area contributed by atoms with Crippen molar-refractivity contribution >= 4 is 45.1 Å². The van der Waals surface area contributed by atoms with Crippen LogP contribution in [0.3, 0.4) is 0 Å². The van der Waals surface area contributed by atoms with E-state index in [9.17, 15) is 5.26 Å². The van der Waals surface area contributed by atoms with E-state index in [2.05, 4.69) is 45.3 Å². The van der Waals surface area contributed by atoms with Crippen molar-refractivity contribution in [3.63, 3.8) is 0 Å². The number of nitrogens with zero attached hydrogens (tertiary/aromatic N) is 4. The van der Waals surface area contributed by atoms with E-state index in [-0.39, 0.29) is 0 Å². The van der Waals surface area contributed by atoms with Crippen LogP contribution in [-0.4, -0.2) is 40.3 Å². The molecule has 0 aliphatic carbocycles. The molecule has 2 N–H and O–H groups in total.